The second-order valence-corrected chi connectivity index (χ2v) is 8.18. The van der Waals surface area contributed by atoms with Gasteiger partial charge >= 0.3 is 0 Å². The van der Waals surface area contributed by atoms with E-state index in [-0.39, 0.29) is 42.7 Å². The van der Waals surface area contributed by atoms with Crippen LogP contribution in [0.4, 0.5) is 4.39 Å². The van der Waals surface area contributed by atoms with Gasteiger partial charge in [-0.05, 0) is 38.5 Å². The zero-order valence-corrected chi connectivity index (χ0v) is 15.6. The van der Waals surface area contributed by atoms with Gasteiger partial charge in [-0.1, -0.05) is 11.2 Å². The summed E-state index contributed by atoms with van der Waals surface area (Å²) in [5.41, 5.74) is 1.30. The molecule has 0 saturated carbocycles. The summed E-state index contributed by atoms with van der Waals surface area (Å²) in [7, 11) is -3.73. The van der Waals surface area contributed by atoms with Crippen molar-refractivity contribution in [2.45, 2.75) is 25.7 Å². The first-order valence-electron chi connectivity index (χ1n) is 8.20. The molecule has 2 aromatic rings. The molecule has 0 bridgehead atoms. The van der Waals surface area contributed by atoms with Crippen LogP contribution >= 0.6 is 0 Å². The van der Waals surface area contributed by atoms with E-state index in [2.05, 4.69) is 5.16 Å². The Hall–Kier alpha value is -2.26. The Morgan fingerprint density at radius 1 is 1.15 bits per heavy atom. The van der Waals surface area contributed by atoms with Gasteiger partial charge in [-0.25, -0.2) is 12.8 Å². The zero-order chi connectivity index (χ0) is 19.1. The molecule has 2 heterocycles. The minimum absolute atomic E-state index is 0.0817. The molecule has 140 valence electrons. The molecular formula is C17H20FN3O4S. The van der Waals surface area contributed by atoms with E-state index in [1.165, 1.54) is 16.4 Å². The average Bonchev–Trinajstić information content (AvgIpc) is 2.95. The Labute approximate surface area is 151 Å². The number of aryl methyl sites for hydroxylation is 3. The summed E-state index contributed by atoms with van der Waals surface area (Å²) in [5, 5.41) is 3.70. The van der Waals surface area contributed by atoms with Crippen LogP contribution in [-0.2, 0) is 10.0 Å². The fourth-order valence-electron chi connectivity index (χ4n) is 3.10. The first kappa shape index (κ1) is 18.5. The molecule has 1 amide bonds. The van der Waals surface area contributed by atoms with Crippen LogP contribution in [0.15, 0.2) is 27.6 Å². The molecule has 1 aliphatic rings. The Balaban J connectivity index is 1.75. The van der Waals surface area contributed by atoms with Crippen molar-refractivity contribution in [2.75, 3.05) is 26.2 Å². The van der Waals surface area contributed by atoms with Crippen molar-refractivity contribution in [3.8, 4) is 0 Å². The molecule has 26 heavy (non-hydrogen) atoms. The number of benzene rings is 1. The van der Waals surface area contributed by atoms with Gasteiger partial charge in [-0.2, -0.15) is 4.31 Å². The number of halogens is 1. The maximum atomic E-state index is 13.5. The monoisotopic (exact) mass is 381 g/mol. The molecule has 0 aliphatic carbocycles. The number of carbonyl (C=O) groups is 1. The molecule has 9 heteroatoms. The highest BCUT2D eigenvalue weighted by Gasteiger charge is 2.34. The minimum atomic E-state index is -3.73. The van der Waals surface area contributed by atoms with Gasteiger partial charge in [-0.3, -0.25) is 4.79 Å². The lowest BCUT2D eigenvalue weighted by Crippen LogP contribution is -2.50. The van der Waals surface area contributed by atoms with Gasteiger partial charge in [0.25, 0.3) is 5.91 Å². The molecule has 0 N–H and O–H groups in total. The molecule has 1 fully saturated rings. The van der Waals surface area contributed by atoms with Crippen LogP contribution in [0.1, 0.15) is 27.4 Å². The summed E-state index contributed by atoms with van der Waals surface area (Å²) in [6.45, 7) is 5.66. The van der Waals surface area contributed by atoms with E-state index in [9.17, 15) is 17.6 Å². The fourth-order valence-corrected chi connectivity index (χ4v) is 4.81. The summed E-state index contributed by atoms with van der Waals surface area (Å²) < 4.78 is 45.3. The quantitative estimate of drug-likeness (QED) is 0.811. The summed E-state index contributed by atoms with van der Waals surface area (Å²) in [4.78, 5) is 14.3. The maximum absolute atomic E-state index is 13.5. The molecule has 0 radical (unpaired) electrons. The molecule has 1 aromatic heterocycles. The first-order chi connectivity index (χ1) is 12.2. The van der Waals surface area contributed by atoms with Crippen molar-refractivity contribution in [1.29, 1.82) is 0 Å². The van der Waals surface area contributed by atoms with E-state index in [4.69, 9.17) is 4.52 Å². The van der Waals surface area contributed by atoms with Crippen molar-refractivity contribution in [1.82, 2.24) is 14.4 Å². The summed E-state index contributed by atoms with van der Waals surface area (Å²) in [6.07, 6.45) is 0. The number of hydrogen-bond acceptors (Lipinski definition) is 5. The summed E-state index contributed by atoms with van der Waals surface area (Å²) in [5.74, 6) is -0.522. The van der Waals surface area contributed by atoms with Crippen molar-refractivity contribution < 1.29 is 22.1 Å². The topological polar surface area (TPSA) is 83.7 Å². The predicted molar refractivity (Wildman–Crippen MR) is 91.8 cm³/mol. The van der Waals surface area contributed by atoms with Crippen LogP contribution < -0.4 is 0 Å². The lowest BCUT2D eigenvalue weighted by atomic mass is 10.1. The van der Waals surface area contributed by atoms with E-state index in [1.807, 2.05) is 0 Å². The maximum Gasteiger partial charge on any atom is 0.254 e. The van der Waals surface area contributed by atoms with Gasteiger partial charge < -0.3 is 9.42 Å². The van der Waals surface area contributed by atoms with Crippen molar-refractivity contribution in [2.24, 2.45) is 0 Å². The number of sulfonamides is 1. The van der Waals surface area contributed by atoms with Gasteiger partial charge in [0.05, 0.1) is 0 Å². The average molecular weight is 381 g/mol. The lowest BCUT2D eigenvalue weighted by molar-refractivity contribution is 0.0696. The Bertz CT molecular complexity index is 927. The number of amides is 1. The standard InChI is InChI=1S/C17H20FN3O4S/c1-11-4-5-14(18)10-15(11)17(22)20-6-8-21(9-7-20)26(23,24)16-12(2)19-25-13(16)3/h4-5,10H,6-9H2,1-3H3. The van der Waals surface area contributed by atoms with Crippen molar-refractivity contribution in [3.05, 3.63) is 46.6 Å². The molecule has 0 spiro atoms. The van der Waals surface area contributed by atoms with Crippen LogP contribution in [0.5, 0.6) is 0 Å². The number of hydrogen-bond donors (Lipinski definition) is 0. The first-order valence-corrected chi connectivity index (χ1v) is 9.64. The smallest absolute Gasteiger partial charge is 0.254 e. The van der Waals surface area contributed by atoms with Gasteiger partial charge in [0, 0.05) is 31.7 Å². The zero-order valence-electron chi connectivity index (χ0n) is 14.8. The highest BCUT2D eigenvalue weighted by Crippen LogP contribution is 2.24. The second kappa shape index (κ2) is 6.81. The number of piperazine rings is 1. The Morgan fingerprint density at radius 2 is 1.81 bits per heavy atom. The van der Waals surface area contributed by atoms with Crippen LogP contribution in [0.3, 0.4) is 0 Å². The summed E-state index contributed by atoms with van der Waals surface area (Å²) in [6, 6.07) is 4.08. The highest BCUT2D eigenvalue weighted by atomic mass is 32.2. The van der Waals surface area contributed by atoms with E-state index in [0.29, 0.717) is 16.8 Å². The Kier molecular flexibility index (Phi) is 4.85. The van der Waals surface area contributed by atoms with Crippen LogP contribution in [-0.4, -0.2) is 54.9 Å². The highest BCUT2D eigenvalue weighted by molar-refractivity contribution is 7.89. The molecule has 3 rings (SSSR count). The molecule has 0 atom stereocenters. The van der Waals surface area contributed by atoms with E-state index >= 15 is 0 Å². The predicted octanol–water partition coefficient (Wildman–Crippen LogP) is 1.89. The second-order valence-electron chi connectivity index (χ2n) is 6.31. The number of aromatic nitrogens is 1. The van der Waals surface area contributed by atoms with E-state index < -0.39 is 15.8 Å². The fraction of sp³-hybridized carbons (Fsp3) is 0.412. The molecule has 1 aromatic carbocycles. The minimum Gasteiger partial charge on any atom is -0.360 e. The summed E-state index contributed by atoms with van der Waals surface area (Å²) >= 11 is 0. The normalized spacial score (nSPS) is 16.1. The third-order valence-electron chi connectivity index (χ3n) is 4.52. The van der Waals surface area contributed by atoms with Crippen LogP contribution in [0, 0.1) is 26.6 Å². The lowest BCUT2D eigenvalue weighted by Gasteiger charge is -2.34. The van der Waals surface area contributed by atoms with Gasteiger partial charge in [0.1, 0.15) is 16.4 Å². The van der Waals surface area contributed by atoms with Gasteiger partial charge in [-0.15, -0.1) is 0 Å². The number of rotatable bonds is 3. The van der Waals surface area contributed by atoms with Crippen molar-refractivity contribution in [3.63, 3.8) is 0 Å². The van der Waals surface area contributed by atoms with E-state index in [0.717, 1.165) is 0 Å². The van der Waals surface area contributed by atoms with Crippen LogP contribution in [0.2, 0.25) is 0 Å². The third kappa shape index (κ3) is 3.24. The largest absolute Gasteiger partial charge is 0.360 e. The van der Waals surface area contributed by atoms with Crippen molar-refractivity contribution >= 4 is 15.9 Å². The van der Waals surface area contributed by atoms with E-state index in [1.54, 1.807) is 31.7 Å². The molecular weight excluding hydrogens is 361 g/mol. The third-order valence-corrected chi connectivity index (χ3v) is 6.67. The number of nitrogens with zero attached hydrogens (tertiary/aromatic N) is 3. The SMILES string of the molecule is Cc1ccc(F)cc1C(=O)N1CCN(S(=O)(=O)c2c(C)noc2C)CC1. The van der Waals surface area contributed by atoms with Gasteiger partial charge in [0.15, 0.2) is 5.76 Å². The molecule has 0 unspecified atom stereocenters. The number of carbonyl (C=O) groups excluding carboxylic acids is 1. The van der Waals surface area contributed by atoms with Gasteiger partial charge in [0.2, 0.25) is 10.0 Å². The Morgan fingerprint density at radius 3 is 2.38 bits per heavy atom. The molecule has 7 nitrogen and oxygen atoms in total. The van der Waals surface area contributed by atoms with Crippen LogP contribution in [0.25, 0.3) is 0 Å². The molecule has 1 aliphatic heterocycles. The molecule has 1 saturated heterocycles.